The van der Waals surface area contributed by atoms with Gasteiger partial charge in [0.25, 0.3) is 0 Å². The molecular weight excluding hydrogens is 558 g/mol. The highest BCUT2D eigenvalue weighted by Gasteiger charge is 2.32. The van der Waals surface area contributed by atoms with Crippen LogP contribution in [-0.4, -0.2) is 63.2 Å². The first kappa shape index (κ1) is 28.4. The van der Waals surface area contributed by atoms with Crippen LogP contribution in [0.5, 0.6) is 6.01 Å². The van der Waals surface area contributed by atoms with Gasteiger partial charge in [-0.25, -0.2) is 4.98 Å². The lowest BCUT2D eigenvalue weighted by Gasteiger charge is -2.39. The van der Waals surface area contributed by atoms with E-state index in [0.29, 0.717) is 31.1 Å². The van der Waals surface area contributed by atoms with Crippen LogP contribution in [0.4, 0.5) is 11.5 Å². The van der Waals surface area contributed by atoms with Gasteiger partial charge in [-0.3, -0.25) is 0 Å². The monoisotopic (exact) mass is 599 g/mol. The van der Waals surface area contributed by atoms with Crippen molar-refractivity contribution in [1.29, 1.82) is 0 Å². The lowest BCUT2D eigenvalue weighted by molar-refractivity contribution is 0.187. The van der Waals surface area contributed by atoms with E-state index in [0.717, 1.165) is 67.4 Å². The van der Waals surface area contributed by atoms with Gasteiger partial charge in [-0.05, 0) is 75.2 Å². The molecular formula is C34H42ClN7O. The van der Waals surface area contributed by atoms with Crippen molar-refractivity contribution in [2.45, 2.75) is 78.2 Å². The van der Waals surface area contributed by atoms with Crippen molar-refractivity contribution in [1.82, 2.24) is 24.4 Å². The average molecular weight is 600 g/mol. The largest absolute Gasteiger partial charge is 0.462 e. The minimum Gasteiger partial charge on any atom is -0.462 e. The number of hydrogen-bond donors (Lipinski definition) is 0. The predicted molar refractivity (Wildman–Crippen MR) is 173 cm³/mol. The van der Waals surface area contributed by atoms with Gasteiger partial charge in [0.05, 0.1) is 35.8 Å². The van der Waals surface area contributed by atoms with Crippen molar-refractivity contribution in [2.75, 3.05) is 36.5 Å². The summed E-state index contributed by atoms with van der Waals surface area (Å²) >= 11 is 6.86. The second-order valence-electron chi connectivity index (χ2n) is 13.1. The third-order valence-electron chi connectivity index (χ3n) is 9.44. The van der Waals surface area contributed by atoms with Crippen LogP contribution in [0.3, 0.4) is 0 Å². The fraction of sp³-hybridized carbons (Fsp3) is 0.500. The molecule has 0 bridgehead atoms. The maximum atomic E-state index is 6.86. The van der Waals surface area contributed by atoms with E-state index in [2.05, 4.69) is 76.3 Å². The van der Waals surface area contributed by atoms with Crippen molar-refractivity contribution in [3.63, 3.8) is 0 Å². The first-order chi connectivity index (χ1) is 20.8. The van der Waals surface area contributed by atoms with Crippen LogP contribution in [0.2, 0.25) is 5.02 Å². The molecule has 2 aromatic carbocycles. The molecule has 0 aliphatic carbocycles. The highest BCUT2D eigenvalue weighted by atomic mass is 35.5. The third kappa shape index (κ3) is 5.55. The van der Waals surface area contributed by atoms with Crippen molar-refractivity contribution in [3.8, 4) is 6.01 Å². The molecule has 8 nitrogen and oxygen atoms in total. The third-order valence-corrected chi connectivity index (χ3v) is 9.76. The zero-order chi connectivity index (χ0) is 29.7. The van der Waals surface area contributed by atoms with Crippen LogP contribution in [0, 0.1) is 5.92 Å². The maximum absolute atomic E-state index is 6.86. The van der Waals surface area contributed by atoms with Crippen LogP contribution in [0.25, 0.3) is 10.8 Å². The normalized spacial score (nSPS) is 20.6. The number of ether oxygens (including phenoxy) is 1. The summed E-state index contributed by atoms with van der Waals surface area (Å²) in [5.41, 5.74) is 6.02. The number of imidazole rings is 1. The van der Waals surface area contributed by atoms with E-state index >= 15 is 0 Å². The van der Waals surface area contributed by atoms with E-state index in [9.17, 15) is 0 Å². The van der Waals surface area contributed by atoms with Gasteiger partial charge in [-0.15, -0.1) is 0 Å². The zero-order valence-corrected chi connectivity index (χ0v) is 26.5. The van der Waals surface area contributed by atoms with Crippen LogP contribution in [-0.2, 0) is 32.5 Å². The second kappa shape index (κ2) is 11.6. The number of benzene rings is 2. The van der Waals surface area contributed by atoms with Gasteiger partial charge in [0.15, 0.2) is 0 Å². The summed E-state index contributed by atoms with van der Waals surface area (Å²) in [6, 6.07) is 12.1. The Morgan fingerprint density at radius 2 is 2.00 bits per heavy atom. The number of likely N-dealkylation sites (tertiary alicyclic amines) is 1. The molecule has 0 amide bonds. The average Bonchev–Trinajstić information content (AvgIpc) is 3.62. The van der Waals surface area contributed by atoms with Gasteiger partial charge < -0.3 is 24.0 Å². The molecule has 9 heteroatoms. The van der Waals surface area contributed by atoms with E-state index in [1.54, 1.807) is 0 Å². The van der Waals surface area contributed by atoms with E-state index in [-0.39, 0.29) is 6.04 Å². The molecule has 0 unspecified atom stereocenters. The fourth-order valence-corrected chi connectivity index (χ4v) is 7.44. The number of likely N-dealkylation sites (N-methyl/N-ethyl adjacent to an activating group) is 1. The molecule has 4 aromatic rings. The summed E-state index contributed by atoms with van der Waals surface area (Å²) in [5, 5.41) is 3.10. The lowest BCUT2D eigenvalue weighted by atomic mass is 9.96. The van der Waals surface area contributed by atoms with E-state index in [1.807, 2.05) is 18.6 Å². The van der Waals surface area contributed by atoms with Crippen LogP contribution in [0.1, 0.15) is 56.1 Å². The van der Waals surface area contributed by atoms with E-state index in [4.69, 9.17) is 26.3 Å². The molecule has 0 spiro atoms. The summed E-state index contributed by atoms with van der Waals surface area (Å²) in [6.07, 6.45) is 8.16. The highest BCUT2D eigenvalue weighted by Crippen LogP contribution is 2.39. The molecule has 0 radical (unpaired) electrons. The number of hydrogen-bond acceptors (Lipinski definition) is 7. The van der Waals surface area contributed by atoms with Crippen LogP contribution < -0.4 is 14.5 Å². The Morgan fingerprint density at radius 1 is 1.12 bits per heavy atom. The Morgan fingerprint density at radius 3 is 2.81 bits per heavy atom. The van der Waals surface area contributed by atoms with Crippen molar-refractivity contribution < 1.29 is 4.74 Å². The van der Waals surface area contributed by atoms with Crippen LogP contribution in [0.15, 0.2) is 42.9 Å². The molecule has 0 N–H and O–H groups in total. The molecule has 43 heavy (non-hydrogen) atoms. The van der Waals surface area contributed by atoms with Crippen molar-refractivity contribution in [3.05, 3.63) is 70.4 Å². The van der Waals surface area contributed by atoms with Gasteiger partial charge in [0.1, 0.15) is 12.4 Å². The van der Waals surface area contributed by atoms with Crippen molar-refractivity contribution >= 4 is 33.9 Å². The quantitative estimate of drug-likeness (QED) is 0.253. The standard InChI is InChI=1S/C34H42ClN7O/c1-22(2)13-24-14-25-7-5-9-29(35)32(25)31(15-24)40-12-10-28-30(19-40)37-34(43-20-26-8-6-11-39(26)4)38-33(28)42-18-27-16-36-21-41(27)17-23(42)3/h5,7,9,14-16,21-23,26H,6,8,10-13,17-20H2,1-4H3/t23-,26-/m1/s1. The summed E-state index contributed by atoms with van der Waals surface area (Å²) in [5.74, 6) is 1.58. The summed E-state index contributed by atoms with van der Waals surface area (Å²) in [4.78, 5) is 21.9. The molecule has 3 aliphatic heterocycles. The number of fused-ring (bicyclic) bond motifs is 3. The molecule has 226 valence electrons. The number of halogens is 1. The molecule has 2 aromatic heterocycles. The molecule has 0 saturated carbocycles. The van der Waals surface area contributed by atoms with Gasteiger partial charge in [0.2, 0.25) is 0 Å². The van der Waals surface area contributed by atoms with E-state index < -0.39 is 0 Å². The number of anilines is 2. The Labute approximate surface area is 259 Å². The predicted octanol–water partition coefficient (Wildman–Crippen LogP) is 6.12. The summed E-state index contributed by atoms with van der Waals surface area (Å²) in [7, 11) is 2.18. The molecule has 2 atom stereocenters. The van der Waals surface area contributed by atoms with Gasteiger partial charge in [0, 0.05) is 48.0 Å². The first-order valence-electron chi connectivity index (χ1n) is 15.8. The highest BCUT2D eigenvalue weighted by molar-refractivity contribution is 6.36. The minimum absolute atomic E-state index is 0.281. The number of rotatable bonds is 7. The Bertz CT molecular complexity index is 1630. The second-order valence-corrected chi connectivity index (χ2v) is 13.5. The fourth-order valence-electron chi connectivity index (χ4n) is 7.16. The molecule has 1 fully saturated rings. The maximum Gasteiger partial charge on any atom is 0.318 e. The molecule has 7 rings (SSSR count). The van der Waals surface area contributed by atoms with Gasteiger partial charge in [-0.1, -0.05) is 43.6 Å². The lowest BCUT2D eigenvalue weighted by Crippen LogP contribution is -2.43. The smallest absolute Gasteiger partial charge is 0.318 e. The summed E-state index contributed by atoms with van der Waals surface area (Å²) < 4.78 is 8.65. The van der Waals surface area contributed by atoms with Gasteiger partial charge >= 0.3 is 6.01 Å². The Balaban J connectivity index is 1.27. The van der Waals surface area contributed by atoms with E-state index in [1.165, 1.54) is 34.3 Å². The number of nitrogens with zero attached hydrogens (tertiary/aromatic N) is 7. The molecule has 5 heterocycles. The Kier molecular flexibility index (Phi) is 7.68. The van der Waals surface area contributed by atoms with Crippen LogP contribution >= 0.6 is 11.6 Å². The topological polar surface area (TPSA) is 62.6 Å². The minimum atomic E-state index is 0.281. The van der Waals surface area contributed by atoms with Gasteiger partial charge in [-0.2, -0.15) is 9.97 Å². The first-order valence-corrected chi connectivity index (χ1v) is 16.2. The van der Waals surface area contributed by atoms with Crippen molar-refractivity contribution in [2.24, 2.45) is 5.92 Å². The summed E-state index contributed by atoms with van der Waals surface area (Å²) in [6.45, 7) is 11.8. The SMILES string of the molecule is CC(C)Cc1cc(N2CCc3c(nc(OC[C@H]4CCCN4C)nc3N3Cc4cncn4C[C@H]3C)C2)c2c(Cl)cccc2c1. The Hall–Kier alpha value is -3.36. The molecule has 1 saturated heterocycles. The molecule has 3 aliphatic rings. The zero-order valence-electron chi connectivity index (χ0n) is 25.8. The number of aromatic nitrogens is 4.